The molecule has 0 aliphatic rings. The summed E-state index contributed by atoms with van der Waals surface area (Å²) in [5, 5.41) is 7.94. The van der Waals surface area contributed by atoms with Gasteiger partial charge in [-0.15, -0.1) is 0 Å². The van der Waals surface area contributed by atoms with Crippen LogP contribution in [0.25, 0.3) is 28.2 Å². The van der Waals surface area contributed by atoms with Crippen molar-refractivity contribution in [3.8, 4) is 28.3 Å². The standard InChI is InChI=1S/C30H28N4O2/c1-21(17-18-22-11-5-3-6-12-22)31-30(35)26-19-27(24-15-9-10-16-28(24)36-2)34-29(32-26)20-25(33-34)23-13-7-4-8-14-23/h3-16,19-21H,17-18H2,1-2H3,(H,31,35)/t21-/m1/s1. The Morgan fingerprint density at radius 1 is 0.944 bits per heavy atom. The summed E-state index contributed by atoms with van der Waals surface area (Å²) >= 11 is 0. The number of benzene rings is 3. The summed E-state index contributed by atoms with van der Waals surface area (Å²) in [4.78, 5) is 18.0. The van der Waals surface area contributed by atoms with E-state index in [4.69, 9.17) is 9.84 Å². The zero-order valence-electron chi connectivity index (χ0n) is 20.4. The van der Waals surface area contributed by atoms with E-state index in [2.05, 4.69) is 22.4 Å². The maximum atomic E-state index is 13.3. The van der Waals surface area contributed by atoms with E-state index < -0.39 is 0 Å². The molecule has 0 saturated carbocycles. The Morgan fingerprint density at radius 2 is 1.64 bits per heavy atom. The number of para-hydroxylation sites is 1. The van der Waals surface area contributed by atoms with E-state index in [0.717, 1.165) is 35.4 Å². The second-order valence-electron chi connectivity index (χ2n) is 8.79. The van der Waals surface area contributed by atoms with Crippen molar-refractivity contribution in [1.82, 2.24) is 19.9 Å². The fourth-order valence-electron chi connectivity index (χ4n) is 4.29. The lowest BCUT2D eigenvalue weighted by molar-refractivity contribution is 0.0933. The SMILES string of the molecule is COc1ccccc1-c1cc(C(=O)N[C@H](C)CCc2ccccc2)nc2cc(-c3ccccc3)nn12. The number of rotatable bonds is 8. The van der Waals surface area contributed by atoms with Gasteiger partial charge in [-0.25, -0.2) is 9.50 Å². The molecule has 1 amide bonds. The summed E-state index contributed by atoms with van der Waals surface area (Å²) in [6.07, 6.45) is 1.73. The first-order valence-corrected chi connectivity index (χ1v) is 12.1. The molecule has 1 atom stereocenters. The molecule has 6 heteroatoms. The number of nitrogens with one attached hydrogen (secondary N) is 1. The monoisotopic (exact) mass is 476 g/mol. The lowest BCUT2D eigenvalue weighted by Gasteiger charge is -2.15. The van der Waals surface area contributed by atoms with Crippen molar-refractivity contribution < 1.29 is 9.53 Å². The summed E-state index contributed by atoms with van der Waals surface area (Å²) in [6.45, 7) is 2.02. The van der Waals surface area contributed by atoms with E-state index in [1.165, 1.54) is 5.56 Å². The minimum atomic E-state index is -0.211. The van der Waals surface area contributed by atoms with Crippen LogP contribution in [-0.4, -0.2) is 33.7 Å². The second-order valence-corrected chi connectivity index (χ2v) is 8.79. The number of amides is 1. The predicted molar refractivity (Wildman–Crippen MR) is 142 cm³/mol. The topological polar surface area (TPSA) is 68.5 Å². The second kappa shape index (κ2) is 10.4. The molecule has 0 fully saturated rings. The highest BCUT2D eigenvalue weighted by molar-refractivity contribution is 5.94. The third-order valence-corrected chi connectivity index (χ3v) is 6.20. The number of hydrogen-bond donors (Lipinski definition) is 1. The average molecular weight is 477 g/mol. The van der Waals surface area contributed by atoms with Crippen LogP contribution >= 0.6 is 0 Å². The summed E-state index contributed by atoms with van der Waals surface area (Å²) in [7, 11) is 1.64. The fourth-order valence-corrected chi connectivity index (χ4v) is 4.29. The molecular weight excluding hydrogens is 448 g/mol. The highest BCUT2D eigenvalue weighted by atomic mass is 16.5. The number of ether oxygens (including phenoxy) is 1. The maximum absolute atomic E-state index is 13.3. The van der Waals surface area contributed by atoms with Gasteiger partial charge in [-0.05, 0) is 43.5 Å². The van der Waals surface area contributed by atoms with E-state index in [-0.39, 0.29) is 11.9 Å². The van der Waals surface area contributed by atoms with Gasteiger partial charge in [-0.3, -0.25) is 4.79 Å². The van der Waals surface area contributed by atoms with Crippen LogP contribution in [0.2, 0.25) is 0 Å². The van der Waals surface area contributed by atoms with Crippen LogP contribution in [0.1, 0.15) is 29.4 Å². The van der Waals surface area contributed by atoms with Crippen molar-refractivity contribution in [3.63, 3.8) is 0 Å². The minimum absolute atomic E-state index is 0.00441. The number of aryl methyl sites for hydroxylation is 1. The molecule has 0 aliphatic carbocycles. The Hall–Kier alpha value is -4.45. The van der Waals surface area contributed by atoms with E-state index in [1.807, 2.05) is 85.8 Å². The van der Waals surface area contributed by atoms with Crippen molar-refractivity contribution in [2.75, 3.05) is 7.11 Å². The van der Waals surface area contributed by atoms with Gasteiger partial charge in [0, 0.05) is 23.2 Å². The average Bonchev–Trinajstić information content (AvgIpc) is 3.37. The molecule has 0 unspecified atom stereocenters. The van der Waals surface area contributed by atoms with Gasteiger partial charge in [0.25, 0.3) is 5.91 Å². The fraction of sp³-hybridized carbons (Fsp3) is 0.167. The highest BCUT2D eigenvalue weighted by Crippen LogP contribution is 2.31. The zero-order chi connectivity index (χ0) is 24.9. The van der Waals surface area contributed by atoms with Gasteiger partial charge in [-0.1, -0.05) is 72.8 Å². The van der Waals surface area contributed by atoms with E-state index >= 15 is 0 Å². The van der Waals surface area contributed by atoms with E-state index in [0.29, 0.717) is 17.1 Å². The van der Waals surface area contributed by atoms with Gasteiger partial charge in [0.15, 0.2) is 5.65 Å². The molecule has 0 saturated heterocycles. The summed E-state index contributed by atoms with van der Waals surface area (Å²) in [5.41, 5.74) is 5.53. The lowest BCUT2D eigenvalue weighted by Crippen LogP contribution is -2.33. The Bertz CT molecular complexity index is 1480. The third kappa shape index (κ3) is 4.98. The first-order valence-electron chi connectivity index (χ1n) is 12.1. The molecule has 2 aromatic heterocycles. The number of aromatic nitrogens is 3. The van der Waals surface area contributed by atoms with Crippen LogP contribution in [0, 0.1) is 0 Å². The van der Waals surface area contributed by atoms with Crippen molar-refractivity contribution in [2.24, 2.45) is 0 Å². The Balaban J connectivity index is 1.50. The van der Waals surface area contributed by atoms with Crippen molar-refractivity contribution >= 4 is 11.6 Å². The van der Waals surface area contributed by atoms with Crippen LogP contribution in [0.15, 0.2) is 97.1 Å². The van der Waals surface area contributed by atoms with Crippen LogP contribution < -0.4 is 10.1 Å². The van der Waals surface area contributed by atoms with Crippen molar-refractivity contribution in [3.05, 3.63) is 108 Å². The molecule has 0 spiro atoms. The number of carbonyl (C=O) groups is 1. The van der Waals surface area contributed by atoms with Crippen molar-refractivity contribution in [2.45, 2.75) is 25.8 Å². The number of methoxy groups -OCH3 is 1. The quantitative estimate of drug-likeness (QED) is 0.306. The Morgan fingerprint density at radius 3 is 2.39 bits per heavy atom. The molecule has 3 aromatic carbocycles. The molecule has 2 heterocycles. The zero-order valence-corrected chi connectivity index (χ0v) is 20.4. The smallest absolute Gasteiger partial charge is 0.270 e. The first-order chi connectivity index (χ1) is 17.6. The van der Waals surface area contributed by atoms with Crippen LogP contribution in [-0.2, 0) is 6.42 Å². The molecule has 180 valence electrons. The molecule has 0 radical (unpaired) electrons. The lowest BCUT2D eigenvalue weighted by atomic mass is 10.1. The maximum Gasteiger partial charge on any atom is 0.270 e. The van der Waals surface area contributed by atoms with Crippen molar-refractivity contribution in [1.29, 1.82) is 0 Å². The highest BCUT2D eigenvalue weighted by Gasteiger charge is 2.19. The Kier molecular flexibility index (Phi) is 6.76. The Labute approximate surface area is 210 Å². The van der Waals surface area contributed by atoms with Gasteiger partial charge in [0.2, 0.25) is 0 Å². The van der Waals surface area contributed by atoms with Gasteiger partial charge in [0.05, 0.1) is 18.5 Å². The normalized spacial score (nSPS) is 11.8. The molecule has 5 aromatic rings. The summed E-state index contributed by atoms with van der Waals surface area (Å²) in [6, 6.07) is 31.6. The molecule has 5 rings (SSSR count). The number of fused-ring (bicyclic) bond motifs is 1. The molecule has 0 aliphatic heterocycles. The van der Waals surface area contributed by atoms with Crippen LogP contribution in [0.5, 0.6) is 5.75 Å². The summed E-state index contributed by atoms with van der Waals surface area (Å²) in [5.74, 6) is 0.487. The molecule has 0 bridgehead atoms. The molecule has 36 heavy (non-hydrogen) atoms. The first kappa shape index (κ1) is 23.3. The number of nitrogens with zero attached hydrogens (tertiary/aromatic N) is 3. The van der Waals surface area contributed by atoms with Crippen LogP contribution in [0.4, 0.5) is 0 Å². The third-order valence-electron chi connectivity index (χ3n) is 6.20. The van der Waals surface area contributed by atoms with E-state index in [9.17, 15) is 4.79 Å². The van der Waals surface area contributed by atoms with Gasteiger partial charge < -0.3 is 10.1 Å². The summed E-state index contributed by atoms with van der Waals surface area (Å²) < 4.78 is 7.39. The van der Waals surface area contributed by atoms with Gasteiger partial charge in [0.1, 0.15) is 11.4 Å². The minimum Gasteiger partial charge on any atom is -0.496 e. The van der Waals surface area contributed by atoms with Crippen LogP contribution in [0.3, 0.4) is 0 Å². The van der Waals surface area contributed by atoms with E-state index in [1.54, 1.807) is 17.7 Å². The molecule has 6 nitrogen and oxygen atoms in total. The predicted octanol–water partition coefficient (Wildman–Crippen LogP) is 5.82. The van der Waals surface area contributed by atoms with Gasteiger partial charge in [-0.2, -0.15) is 5.10 Å². The number of hydrogen-bond acceptors (Lipinski definition) is 4. The van der Waals surface area contributed by atoms with Gasteiger partial charge >= 0.3 is 0 Å². The molecular formula is C30H28N4O2. The largest absolute Gasteiger partial charge is 0.496 e. The molecule has 1 N–H and O–H groups in total. The number of carbonyl (C=O) groups excluding carboxylic acids is 1.